The van der Waals surface area contributed by atoms with Crippen molar-refractivity contribution < 1.29 is 9.79 Å². The maximum absolute atomic E-state index is 13.5. The number of rotatable bonds is 8. The summed E-state index contributed by atoms with van der Waals surface area (Å²) in [5.74, 6) is 1.36. The summed E-state index contributed by atoms with van der Waals surface area (Å²) in [4.78, 5) is 18.7. The first kappa shape index (κ1) is 19.9. The van der Waals surface area contributed by atoms with Gasteiger partial charge in [0, 0.05) is 0 Å². The van der Waals surface area contributed by atoms with Gasteiger partial charge in [-0.05, 0) is 42.7 Å². The number of nitrogens with zero attached hydrogens (tertiary/aromatic N) is 1. The zero-order chi connectivity index (χ0) is 19.3. The van der Waals surface area contributed by atoms with Crippen LogP contribution < -0.4 is 10.7 Å². The van der Waals surface area contributed by atoms with Crippen molar-refractivity contribution in [3.05, 3.63) is 35.4 Å². The smallest absolute Gasteiger partial charge is 0.290 e. The normalized spacial score (nSPS) is 23.7. The molecule has 1 heterocycles. The third-order valence-electron chi connectivity index (χ3n) is 6.40. The number of hydrogen-bond acceptors (Lipinski definition) is 2. The lowest BCUT2D eigenvalue weighted by molar-refractivity contribution is -0.534. The van der Waals surface area contributed by atoms with E-state index >= 15 is 0 Å². The molecule has 148 valence electrons. The van der Waals surface area contributed by atoms with Crippen molar-refractivity contribution in [2.24, 2.45) is 11.7 Å². The maximum Gasteiger partial charge on any atom is 0.352 e. The van der Waals surface area contributed by atoms with E-state index in [2.05, 4.69) is 43.1 Å². The number of amides is 1. The van der Waals surface area contributed by atoms with Crippen LogP contribution in [0.25, 0.3) is 0 Å². The Labute approximate surface area is 164 Å². The molecule has 1 aliphatic carbocycles. The Hall–Kier alpha value is -1.84. The molecule has 0 radical (unpaired) electrons. The van der Waals surface area contributed by atoms with Crippen LogP contribution in [-0.4, -0.2) is 22.3 Å². The number of carbonyl (C=O) groups excluding carboxylic acids is 1. The topological polar surface area (TPSA) is 60.3 Å². The van der Waals surface area contributed by atoms with Crippen LogP contribution in [0.5, 0.6) is 0 Å². The zero-order valence-corrected chi connectivity index (χ0v) is 17.1. The fourth-order valence-electron chi connectivity index (χ4n) is 4.73. The van der Waals surface area contributed by atoms with Gasteiger partial charge in [-0.2, -0.15) is 4.90 Å². The summed E-state index contributed by atoms with van der Waals surface area (Å²) >= 11 is 0. The number of unbranched alkanes of at least 4 members (excludes halogenated alkanes) is 1. The maximum atomic E-state index is 13.5. The predicted molar refractivity (Wildman–Crippen MR) is 110 cm³/mol. The molecule has 0 bridgehead atoms. The number of aryl methyl sites for hydroxylation is 1. The summed E-state index contributed by atoms with van der Waals surface area (Å²) < 4.78 is 0. The second-order valence-corrected chi connectivity index (χ2v) is 8.47. The van der Waals surface area contributed by atoms with Crippen LogP contribution in [0, 0.1) is 5.92 Å². The molecule has 1 amide bonds. The Balaban J connectivity index is 1.76. The lowest BCUT2D eigenvalue weighted by atomic mass is 9.77. The van der Waals surface area contributed by atoms with Crippen molar-refractivity contribution in [2.45, 2.75) is 90.1 Å². The summed E-state index contributed by atoms with van der Waals surface area (Å²) in [5, 5.41) is 0. The Morgan fingerprint density at radius 2 is 1.78 bits per heavy atom. The van der Waals surface area contributed by atoms with E-state index < -0.39 is 5.54 Å². The molecule has 0 aromatic heterocycles. The largest absolute Gasteiger partial charge is 0.352 e. The first-order chi connectivity index (χ1) is 13.1. The van der Waals surface area contributed by atoms with Crippen molar-refractivity contribution in [1.82, 2.24) is 4.90 Å². The third-order valence-corrected chi connectivity index (χ3v) is 6.40. The van der Waals surface area contributed by atoms with E-state index in [1.807, 2.05) is 0 Å². The zero-order valence-electron chi connectivity index (χ0n) is 17.1. The minimum atomic E-state index is -0.495. The van der Waals surface area contributed by atoms with Gasteiger partial charge in [-0.1, -0.05) is 76.6 Å². The fourth-order valence-corrected chi connectivity index (χ4v) is 4.73. The molecular weight excluding hydrogens is 334 g/mol. The Morgan fingerprint density at radius 1 is 1.11 bits per heavy atom. The van der Waals surface area contributed by atoms with E-state index in [0.29, 0.717) is 18.4 Å². The summed E-state index contributed by atoms with van der Waals surface area (Å²) in [7, 11) is 0. The number of nitrogens with two attached hydrogens (primary N) is 1. The van der Waals surface area contributed by atoms with Crippen LogP contribution in [0.1, 0.15) is 82.8 Å². The molecule has 27 heavy (non-hydrogen) atoms. The van der Waals surface area contributed by atoms with Gasteiger partial charge in [-0.25, -0.2) is 0 Å². The number of nitrogens with one attached hydrogen (secondary N) is 1. The second-order valence-electron chi connectivity index (χ2n) is 8.47. The predicted octanol–water partition coefficient (Wildman–Crippen LogP) is 2.89. The molecule has 1 fully saturated rings. The molecular formula is C23H36N3O+. The SMILES string of the molecule is CCCCC1(CC2CCCCC2)[NH+]=C(N)N(Cc2ccc(CC)cc2)C1=O. The minimum absolute atomic E-state index is 0.179. The summed E-state index contributed by atoms with van der Waals surface area (Å²) in [5.41, 5.74) is 8.29. The molecule has 1 atom stereocenters. The van der Waals surface area contributed by atoms with Gasteiger partial charge in [0.1, 0.15) is 6.54 Å². The van der Waals surface area contributed by atoms with Crippen LogP contribution in [-0.2, 0) is 17.8 Å². The standard InChI is InChI=1S/C23H35N3O/c1-3-5-15-23(16-19-9-7-6-8-10-19)21(27)26(22(24)25-23)17-20-13-11-18(4-2)12-14-20/h11-14,19H,3-10,15-17H2,1-2H3,(H2,24,25)/p+1. The lowest BCUT2D eigenvalue weighted by Crippen LogP contribution is -2.87. The molecule has 4 heteroatoms. The molecule has 1 aromatic carbocycles. The van der Waals surface area contributed by atoms with E-state index in [1.54, 1.807) is 4.90 Å². The monoisotopic (exact) mass is 370 g/mol. The Kier molecular flexibility index (Phi) is 6.56. The van der Waals surface area contributed by atoms with Gasteiger partial charge < -0.3 is 0 Å². The van der Waals surface area contributed by atoms with Crippen molar-refractivity contribution in [2.75, 3.05) is 0 Å². The van der Waals surface area contributed by atoms with Crippen molar-refractivity contribution in [3.63, 3.8) is 0 Å². The van der Waals surface area contributed by atoms with E-state index in [0.717, 1.165) is 37.7 Å². The molecule has 1 aromatic rings. The van der Waals surface area contributed by atoms with Crippen LogP contribution in [0.2, 0.25) is 0 Å². The van der Waals surface area contributed by atoms with Crippen molar-refractivity contribution >= 4 is 11.9 Å². The van der Waals surface area contributed by atoms with Crippen LogP contribution in [0.3, 0.4) is 0 Å². The molecule has 3 N–H and O–H groups in total. The number of benzene rings is 1. The van der Waals surface area contributed by atoms with Crippen LogP contribution in [0.4, 0.5) is 0 Å². The number of carbonyl (C=O) groups is 1. The average Bonchev–Trinajstić information content (AvgIpc) is 2.92. The van der Waals surface area contributed by atoms with Crippen molar-refractivity contribution in [3.8, 4) is 0 Å². The summed E-state index contributed by atoms with van der Waals surface area (Å²) in [6.45, 7) is 4.90. The fraction of sp³-hybridized carbons (Fsp3) is 0.652. The second kappa shape index (κ2) is 8.90. The van der Waals surface area contributed by atoms with Gasteiger partial charge in [0.25, 0.3) is 0 Å². The lowest BCUT2D eigenvalue weighted by Gasteiger charge is -2.30. The Morgan fingerprint density at radius 3 is 2.41 bits per heavy atom. The highest BCUT2D eigenvalue weighted by Crippen LogP contribution is 2.33. The highest BCUT2D eigenvalue weighted by molar-refractivity contribution is 6.01. The van der Waals surface area contributed by atoms with E-state index in [-0.39, 0.29) is 5.91 Å². The highest BCUT2D eigenvalue weighted by atomic mass is 16.2. The van der Waals surface area contributed by atoms with Gasteiger partial charge >= 0.3 is 11.9 Å². The molecule has 0 saturated heterocycles. The van der Waals surface area contributed by atoms with E-state index in [1.165, 1.54) is 37.7 Å². The third kappa shape index (κ3) is 4.53. The van der Waals surface area contributed by atoms with Crippen LogP contribution >= 0.6 is 0 Å². The minimum Gasteiger partial charge on any atom is -0.290 e. The van der Waals surface area contributed by atoms with E-state index in [4.69, 9.17) is 5.73 Å². The first-order valence-electron chi connectivity index (χ1n) is 10.9. The van der Waals surface area contributed by atoms with E-state index in [9.17, 15) is 4.79 Å². The molecule has 2 aliphatic rings. The van der Waals surface area contributed by atoms with Gasteiger partial charge in [0.2, 0.25) is 0 Å². The number of hydrogen-bond donors (Lipinski definition) is 2. The molecule has 4 nitrogen and oxygen atoms in total. The van der Waals surface area contributed by atoms with Gasteiger partial charge in [0.15, 0.2) is 5.54 Å². The van der Waals surface area contributed by atoms with Gasteiger partial charge in [-0.15, -0.1) is 0 Å². The summed E-state index contributed by atoms with van der Waals surface area (Å²) in [6.07, 6.45) is 11.4. The average molecular weight is 371 g/mol. The highest BCUT2D eigenvalue weighted by Gasteiger charge is 2.52. The first-order valence-corrected chi connectivity index (χ1v) is 10.9. The Bertz CT molecular complexity index is 661. The quantitative estimate of drug-likeness (QED) is 0.739. The number of guanidine groups is 1. The van der Waals surface area contributed by atoms with Gasteiger partial charge in [-0.3, -0.25) is 15.5 Å². The molecule has 1 saturated carbocycles. The molecule has 1 aliphatic heterocycles. The van der Waals surface area contributed by atoms with Crippen LogP contribution in [0.15, 0.2) is 24.3 Å². The van der Waals surface area contributed by atoms with Crippen molar-refractivity contribution in [1.29, 1.82) is 0 Å². The van der Waals surface area contributed by atoms with Gasteiger partial charge in [0.05, 0.1) is 0 Å². The molecule has 0 spiro atoms. The summed E-state index contributed by atoms with van der Waals surface area (Å²) in [6, 6.07) is 8.52. The molecule has 3 rings (SSSR count). The molecule has 1 unspecified atom stereocenters.